The number of hydrogen-bond acceptors (Lipinski definition) is 3. The van der Waals surface area contributed by atoms with Crippen LogP contribution in [0.2, 0.25) is 0 Å². The zero-order valence-electron chi connectivity index (χ0n) is 11.0. The van der Waals surface area contributed by atoms with Crippen molar-refractivity contribution in [3.63, 3.8) is 0 Å². The number of likely N-dealkylation sites (N-methyl/N-ethyl adjacent to an activating group) is 1. The molecule has 1 aliphatic rings. The maximum Gasteiger partial charge on any atom is 0.272 e. The molecule has 1 amide bonds. The Bertz CT molecular complexity index is 416. The molecular weight excluding hydrogens is 310 g/mol. The average molecular weight is 329 g/mol. The molecule has 2 N–H and O–H groups in total. The number of carbonyl (C=O) groups excluding carboxylic acids is 1. The van der Waals surface area contributed by atoms with E-state index in [1.165, 1.54) is 4.90 Å². The van der Waals surface area contributed by atoms with Crippen LogP contribution in [-0.4, -0.2) is 50.7 Å². The second-order valence-corrected chi connectivity index (χ2v) is 5.64. The van der Waals surface area contributed by atoms with Crippen LogP contribution in [0.3, 0.4) is 0 Å². The third-order valence-electron chi connectivity index (χ3n) is 3.08. The van der Waals surface area contributed by atoms with E-state index >= 15 is 0 Å². The van der Waals surface area contributed by atoms with Crippen molar-refractivity contribution >= 4 is 21.8 Å². The van der Waals surface area contributed by atoms with E-state index in [0.717, 1.165) is 30.7 Å². The Morgan fingerprint density at radius 2 is 2.00 bits per heavy atom. The summed E-state index contributed by atoms with van der Waals surface area (Å²) in [5.41, 5.74) is 2.87. The number of carbonyl (C=O) groups is 1. The van der Waals surface area contributed by atoms with Crippen LogP contribution in [0.4, 0.5) is 0 Å². The Morgan fingerprint density at radius 1 is 1.37 bits per heavy atom. The molecule has 1 aromatic carbocycles. The van der Waals surface area contributed by atoms with E-state index in [1.54, 1.807) is 0 Å². The number of piperazine rings is 1. The third kappa shape index (κ3) is 4.81. The Balaban J connectivity index is 1.71. The molecule has 1 fully saturated rings. The summed E-state index contributed by atoms with van der Waals surface area (Å²) < 4.78 is 6.41. The van der Waals surface area contributed by atoms with Crippen LogP contribution < -0.4 is 15.1 Å². The molecule has 6 heteroatoms. The maximum absolute atomic E-state index is 11.7. The molecule has 1 aromatic rings. The molecule has 5 nitrogen and oxygen atoms in total. The van der Waals surface area contributed by atoms with E-state index in [0.29, 0.717) is 5.75 Å². The van der Waals surface area contributed by atoms with Gasteiger partial charge in [-0.3, -0.25) is 10.2 Å². The monoisotopic (exact) mass is 328 g/mol. The van der Waals surface area contributed by atoms with Gasteiger partial charge in [0.25, 0.3) is 5.91 Å². The molecule has 104 valence electrons. The summed E-state index contributed by atoms with van der Waals surface area (Å²) in [7, 11) is 2.16. The van der Waals surface area contributed by atoms with Gasteiger partial charge in [-0.15, -0.1) is 0 Å². The molecule has 19 heavy (non-hydrogen) atoms. The van der Waals surface area contributed by atoms with Gasteiger partial charge in [0.2, 0.25) is 0 Å². The van der Waals surface area contributed by atoms with Crippen molar-refractivity contribution in [3.05, 3.63) is 28.7 Å². The van der Waals surface area contributed by atoms with Crippen LogP contribution >= 0.6 is 15.9 Å². The lowest BCUT2D eigenvalue weighted by Gasteiger charge is -2.29. The molecular formula is C13H19BrN3O2+. The number of halogens is 1. The van der Waals surface area contributed by atoms with Crippen molar-refractivity contribution in [1.82, 2.24) is 10.4 Å². The number of nitrogens with zero attached hydrogens (tertiary/aromatic N) is 1. The molecule has 0 radical (unpaired) electrons. The van der Waals surface area contributed by atoms with Gasteiger partial charge < -0.3 is 9.64 Å². The van der Waals surface area contributed by atoms with E-state index < -0.39 is 0 Å². The fourth-order valence-corrected chi connectivity index (χ4v) is 2.15. The van der Waals surface area contributed by atoms with Gasteiger partial charge in [0, 0.05) is 4.47 Å². The third-order valence-corrected chi connectivity index (χ3v) is 3.61. The van der Waals surface area contributed by atoms with Crippen molar-refractivity contribution in [2.45, 2.75) is 0 Å². The van der Waals surface area contributed by atoms with Gasteiger partial charge in [-0.05, 0) is 24.3 Å². The molecule has 0 aromatic heterocycles. The van der Waals surface area contributed by atoms with E-state index in [9.17, 15) is 4.79 Å². The van der Waals surface area contributed by atoms with Crippen LogP contribution in [0.5, 0.6) is 5.75 Å². The highest BCUT2D eigenvalue weighted by atomic mass is 79.9. The highest BCUT2D eigenvalue weighted by Gasteiger charge is 2.18. The molecule has 0 bridgehead atoms. The van der Waals surface area contributed by atoms with Gasteiger partial charge in [-0.25, -0.2) is 5.01 Å². The minimum absolute atomic E-state index is 0.0425. The van der Waals surface area contributed by atoms with Gasteiger partial charge >= 0.3 is 0 Å². The van der Waals surface area contributed by atoms with Crippen LogP contribution in [0.15, 0.2) is 28.7 Å². The van der Waals surface area contributed by atoms with Gasteiger partial charge in [0.15, 0.2) is 6.61 Å². The fraction of sp³-hybridized carbons (Fsp3) is 0.462. The molecule has 0 unspecified atom stereocenters. The van der Waals surface area contributed by atoms with Gasteiger partial charge in [-0.1, -0.05) is 15.9 Å². The zero-order chi connectivity index (χ0) is 13.7. The zero-order valence-corrected chi connectivity index (χ0v) is 12.6. The van der Waals surface area contributed by atoms with Crippen molar-refractivity contribution in [2.24, 2.45) is 0 Å². The number of nitrogens with one attached hydrogen (secondary N) is 2. The molecule has 0 saturated carbocycles. The first-order valence-electron chi connectivity index (χ1n) is 6.37. The molecule has 1 saturated heterocycles. The van der Waals surface area contributed by atoms with Crippen molar-refractivity contribution in [3.8, 4) is 5.75 Å². The molecule has 1 aliphatic heterocycles. The minimum Gasteiger partial charge on any atom is -0.484 e. The normalized spacial score (nSPS) is 17.2. The Kier molecular flexibility index (Phi) is 5.18. The van der Waals surface area contributed by atoms with Gasteiger partial charge in [0.1, 0.15) is 5.75 Å². The number of hydrogen-bond donors (Lipinski definition) is 2. The summed E-state index contributed by atoms with van der Waals surface area (Å²) >= 11 is 3.35. The number of amides is 1. The lowest BCUT2D eigenvalue weighted by Crippen LogP contribution is -3.12. The molecule has 0 spiro atoms. The largest absolute Gasteiger partial charge is 0.484 e. The van der Waals surface area contributed by atoms with E-state index in [-0.39, 0.29) is 12.5 Å². The first-order chi connectivity index (χ1) is 9.13. The lowest BCUT2D eigenvalue weighted by atomic mass is 10.3. The first kappa shape index (κ1) is 14.3. The predicted octanol–water partition coefficient (Wildman–Crippen LogP) is -0.311. The second kappa shape index (κ2) is 6.88. The lowest BCUT2D eigenvalue weighted by molar-refractivity contribution is -0.884. The maximum atomic E-state index is 11.7. The van der Waals surface area contributed by atoms with E-state index in [4.69, 9.17) is 4.74 Å². The number of rotatable bonds is 4. The van der Waals surface area contributed by atoms with Gasteiger partial charge in [0.05, 0.1) is 33.2 Å². The molecule has 0 atom stereocenters. The van der Waals surface area contributed by atoms with E-state index in [1.807, 2.05) is 29.3 Å². The van der Waals surface area contributed by atoms with Gasteiger partial charge in [-0.2, -0.15) is 0 Å². The topological polar surface area (TPSA) is 46.0 Å². The highest BCUT2D eigenvalue weighted by Crippen LogP contribution is 2.15. The van der Waals surface area contributed by atoms with Crippen LogP contribution in [0, 0.1) is 0 Å². The highest BCUT2D eigenvalue weighted by molar-refractivity contribution is 9.10. The number of ether oxygens (including phenoxy) is 1. The quantitative estimate of drug-likeness (QED) is 0.797. The molecule has 0 aliphatic carbocycles. The predicted molar refractivity (Wildman–Crippen MR) is 76.0 cm³/mol. The summed E-state index contributed by atoms with van der Waals surface area (Å²) in [5.74, 6) is 0.587. The van der Waals surface area contributed by atoms with Crippen LogP contribution in [-0.2, 0) is 4.79 Å². The molecule has 1 heterocycles. The summed E-state index contributed by atoms with van der Waals surface area (Å²) in [4.78, 5) is 13.2. The van der Waals surface area contributed by atoms with Crippen LogP contribution in [0.25, 0.3) is 0 Å². The minimum atomic E-state index is -0.109. The van der Waals surface area contributed by atoms with Crippen molar-refractivity contribution < 1.29 is 14.4 Å². The Labute approximate surface area is 121 Å². The smallest absolute Gasteiger partial charge is 0.272 e. The molecule has 2 rings (SSSR count). The summed E-state index contributed by atoms with van der Waals surface area (Å²) in [6, 6.07) is 7.43. The Morgan fingerprint density at radius 3 is 2.63 bits per heavy atom. The first-order valence-corrected chi connectivity index (χ1v) is 7.17. The van der Waals surface area contributed by atoms with E-state index in [2.05, 4.69) is 28.4 Å². The standard InChI is InChI=1S/C13H18BrN3O2/c1-16-6-8-17(9-7-16)15-13(18)10-19-12-4-2-11(14)3-5-12/h2-5H,6-10H2,1H3,(H,15,18)/p+1. The number of benzene rings is 1. The summed E-state index contributed by atoms with van der Waals surface area (Å²) in [6.07, 6.45) is 0. The van der Waals surface area contributed by atoms with Crippen molar-refractivity contribution in [1.29, 1.82) is 0 Å². The summed E-state index contributed by atoms with van der Waals surface area (Å²) in [6.45, 7) is 3.91. The summed E-state index contributed by atoms with van der Waals surface area (Å²) in [5, 5.41) is 1.96. The second-order valence-electron chi connectivity index (χ2n) is 4.72. The number of hydrazine groups is 1. The Hall–Kier alpha value is -1.11. The number of quaternary nitrogens is 1. The SMILES string of the molecule is C[NH+]1CCN(NC(=O)COc2ccc(Br)cc2)CC1. The fourth-order valence-electron chi connectivity index (χ4n) is 1.89. The average Bonchev–Trinajstić information content (AvgIpc) is 2.41. The van der Waals surface area contributed by atoms with Crippen molar-refractivity contribution in [2.75, 3.05) is 39.8 Å². The van der Waals surface area contributed by atoms with Crippen LogP contribution in [0.1, 0.15) is 0 Å².